The molecule has 4 unspecified atom stereocenters. The zero-order valence-corrected chi connectivity index (χ0v) is 11.1. The first-order valence-corrected chi connectivity index (χ1v) is 7.42. The summed E-state index contributed by atoms with van der Waals surface area (Å²) in [5.41, 5.74) is 6.30. The minimum Gasteiger partial charge on any atom is -0.327 e. The fourth-order valence-corrected chi connectivity index (χ4v) is 4.29. The molecule has 3 heteroatoms. The van der Waals surface area contributed by atoms with Gasteiger partial charge in [0.25, 0.3) is 0 Å². The van der Waals surface area contributed by atoms with Gasteiger partial charge in [-0.15, -0.1) is 0 Å². The zero-order valence-electron chi connectivity index (χ0n) is 11.1. The van der Waals surface area contributed by atoms with E-state index in [1.54, 1.807) is 0 Å². The normalized spacial score (nSPS) is 44.8. The largest absolute Gasteiger partial charge is 0.327 e. The molecular weight excluding hydrogens is 210 g/mol. The molecule has 4 atom stereocenters. The Balaban J connectivity index is 1.62. The van der Waals surface area contributed by atoms with E-state index >= 15 is 0 Å². The number of rotatable bonds is 1. The van der Waals surface area contributed by atoms with Crippen molar-refractivity contribution in [3.63, 3.8) is 0 Å². The van der Waals surface area contributed by atoms with Crippen LogP contribution in [0.1, 0.15) is 32.1 Å². The Bertz CT molecular complexity index is 268. The van der Waals surface area contributed by atoms with Crippen molar-refractivity contribution in [3.05, 3.63) is 0 Å². The van der Waals surface area contributed by atoms with Crippen LogP contribution in [0, 0.1) is 11.8 Å². The van der Waals surface area contributed by atoms with E-state index in [1.807, 2.05) is 0 Å². The molecule has 0 aromatic rings. The highest BCUT2D eigenvalue weighted by Crippen LogP contribution is 2.37. The van der Waals surface area contributed by atoms with E-state index in [-0.39, 0.29) is 0 Å². The lowest BCUT2D eigenvalue weighted by atomic mass is 9.78. The molecule has 0 spiro atoms. The molecule has 0 aromatic carbocycles. The Morgan fingerprint density at radius 2 is 1.88 bits per heavy atom. The van der Waals surface area contributed by atoms with Gasteiger partial charge < -0.3 is 10.6 Å². The highest BCUT2D eigenvalue weighted by molar-refractivity contribution is 4.96. The summed E-state index contributed by atoms with van der Waals surface area (Å²) in [6.07, 6.45) is 6.83. The van der Waals surface area contributed by atoms with Gasteiger partial charge in [0.15, 0.2) is 0 Å². The minimum atomic E-state index is 0.486. The van der Waals surface area contributed by atoms with Crippen LogP contribution in [0.3, 0.4) is 0 Å². The topological polar surface area (TPSA) is 32.5 Å². The number of piperidine rings is 1. The fraction of sp³-hybridized carbons (Fsp3) is 1.00. The first kappa shape index (κ1) is 11.9. The molecule has 3 rings (SSSR count). The van der Waals surface area contributed by atoms with Gasteiger partial charge in [-0.1, -0.05) is 6.42 Å². The van der Waals surface area contributed by atoms with Crippen LogP contribution in [0.5, 0.6) is 0 Å². The van der Waals surface area contributed by atoms with Crippen LogP contribution in [0.4, 0.5) is 0 Å². The molecule has 98 valence electrons. The van der Waals surface area contributed by atoms with Gasteiger partial charge in [-0.2, -0.15) is 0 Å². The summed E-state index contributed by atoms with van der Waals surface area (Å²) in [7, 11) is 2.26. The average Bonchev–Trinajstić information content (AvgIpc) is 2.74. The lowest BCUT2D eigenvalue weighted by Crippen LogP contribution is -2.46. The first-order valence-electron chi connectivity index (χ1n) is 7.42. The maximum Gasteiger partial charge on any atom is 0.0223 e. The highest BCUT2D eigenvalue weighted by atomic mass is 15.2. The SMILES string of the molecule is CN1CCCC(N2CC3CCCC(N)C3C2)C1. The number of fused-ring (bicyclic) bond motifs is 1. The molecule has 2 aliphatic heterocycles. The van der Waals surface area contributed by atoms with Gasteiger partial charge in [-0.3, -0.25) is 4.90 Å². The van der Waals surface area contributed by atoms with Crippen LogP contribution in [-0.4, -0.2) is 55.1 Å². The number of nitrogens with two attached hydrogens (primary N) is 1. The van der Waals surface area contributed by atoms with Crippen LogP contribution >= 0.6 is 0 Å². The smallest absolute Gasteiger partial charge is 0.0223 e. The van der Waals surface area contributed by atoms with Gasteiger partial charge in [-0.25, -0.2) is 0 Å². The Morgan fingerprint density at radius 1 is 1.00 bits per heavy atom. The lowest BCUT2D eigenvalue weighted by molar-refractivity contribution is 0.128. The molecule has 0 amide bonds. The Kier molecular flexibility index (Phi) is 3.42. The summed E-state index contributed by atoms with van der Waals surface area (Å²) < 4.78 is 0. The molecular formula is C14H27N3. The number of hydrogen-bond donors (Lipinski definition) is 1. The number of likely N-dealkylation sites (tertiary alicyclic amines) is 2. The summed E-state index contributed by atoms with van der Waals surface area (Å²) in [4.78, 5) is 5.26. The first-order chi connectivity index (χ1) is 8.24. The van der Waals surface area contributed by atoms with E-state index in [4.69, 9.17) is 5.73 Å². The molecule has 1 aliphatic carbocycles. The van der Waals surface area contributed by atoms with Crippen molar-refractivity contribution in [2.75, 3.05) is 33.2 Å². The van der Waals surface area contributed by atoms with E-state index in [1.165, 1.54) is 58.3 Å². The van der Waals surface area contributed by atoms with Gasteiger partial charge in [0.2, 0.25) is 0 Å². The van der Waals surface area contributed by atoms with E-state index in [2.05, 4.69) is 16.8 Å². The molecule has 1 saturated carbocycles. The van der Waals surface area contributed by atoms with E-state index in [0.717, 1.165) is 17.9 Å². The average molecular weight is 237 g/mol. The zero-order chi connectivity index (χ0) is 11.8. The van der Waals surface area contributed by atoms with Crippen LogP contribution in [0.25, 0.3) is 0 Å². The molecule has 3 nitrogen and oxygen atoms in total. The third-order valence-electron chi connectivity index (χ3n) is 5.30. The molecule has 3 aliphatic rings. The summed E-state index contributed by atoms with van der Waals surface area (Å²) in [6.45, 7) is 5.17. The molecule has 2 heterocycles. The van der Waals surface area contributed by atoms with Crippen molar-refractivity contribution in [3.8, 4) is 0 Å². The van der Waals surface area contributed by atoms with Gasteiger partial charge in [0.05, 0.1) is 0 Å². The Labute approximate surface area is 105 Å². The molecule has 2 saturated heterocycles. The third-order valence-corrected chi connectivity index (χ3v) is 5.30. The van der Waals surface area contributed by atoms with Crippen LogP contribution in [-0.2, 0) is 0 Å². The standard InChI is InChI=1S/C14H27N3/c1-16-7-3-5-12(9-16)17-8-11-4-2-6-14(15)13(11)10-17/h11-14H,2-10,15H2,1H3. The number of nitrogens with zero attached hydrogens (tertiary/aromatic N) is 2. The Morgan fingerprint density at radius 3 is 2.65 bits per heavy atom. The maximum absolute atomic E-state index is 6.30. The van der Waals surface area contributed by atoms with Crippen LogP contribution in [0.2, 0.25) is 0 Å². The van der Waals surface area contributed by atoms with Crippen molar-refractivity contribution in [2.45, 2.75) is 44.2 Å². The van der Waals surface area contributed by atoms with E-state index in [0.29, 0.717) is 6.04 Å². The molecule has 0 aromatic heterocycles. The fourth-order valence-electron chi connectivity index (χ4n) is 4.29. The molecule has 17 heavy (non-hydrogen) atoms. The molecule has 0 radical (unpaired) electrons. The predicted octanol–water partition coefficient (Wildman–Crippen LogP) is 1.14. The van der Waals surface area contributed by atoms with Gasteiger partial charge in [0, 0.05) is 31.7 Å². The van der Waals surface area contributed by atoms with Crippen molar-refractivity contribution >= 4 is 0 Å². The second kappa shape index (κ2) is 4.87. The minimum absolute atomic E-state index is 0.486. The van der Waals surface area contributed by atoms with Crippen molar-refractivity contribution in [1.29, 1.82) is 0 Å². The molecule has 0 bridgehead atoms. The predicted molar refractivity (Wildman–Crippen MR) is 70.9 cm³/mol. The quantitative estimate of drug-likeness (QED) is 0.742. The third kappa shape index (κ3) is 2.38. The van der Waals surface area contributed by atoms with Gasteiger partial charge in [0.1, 0.15) is 0 Å². The van der Waals surface area contributed by atoms with Crippen LogP contribution < -0.4 is 5.73 Å². The number of hydrogen-bond acceptors (Lipinski definition) is 3. The van der Waals surface area contributed by atoms with E-state index in [9.17, 15) is 0 Å². The summed E-state index contributed by atoms with van der Waals surface area (Å²) in [5.74, 6) is 1.71. The highest BCUT2D eigenvalue weighted by Gasteiger charge is 2.41. The molecule has 2 N–H and O–H groups in total. The van der Waals surface area contributed by atoms with E-state index < -0.39 is 0 Å². The number of likely N-dealkylation sites (N-methyl/N-ethyl adjacent to an activating group) is 1. The van der Waals surface area contributed by atoms with Crippen molar-refractivity contribution in [2.24, 2.45) is 17.6 Å². The maximum atomic E-state index is 6.30. The van der Waals surface area contributed by atoms with Crippen LogP contribution in [0.15, 0.2) is 0 Å². The Hall–Kier alpha value is -0.120. The van der Waals surface area contributed by atoms with Gasteiger partial charge >= 0.3 is 0 Å². The lowest BCUT2D eigenvalue weighted by Gasteiger charge is -2.36. The monoisotopic (exact) mass is 237 g/mol. The second-order valence-electron chi connectivity index (χ2n) is 6.53. The van der Waals surface area contributed by atoms with Crippen molar-refractivity contribution in [1.82, 2.24) is 9.80 Å². The van der Waals surface area contributed by atoms with Gasteiger partial charge in [-0.05, 0) is 51.1 Å². The molecule has 3 fully saturated rings. The summed E-state index contributed by atoms with van der Waals surface area (Å²) in [5, 5.41) is 0. The summed E-state index contributed by atoms with van der Waals surface area (Å²) >= 11 is 0. The second-order valence-corrected chi connectivity index (χ2v) is 6.53. The summed E-state index contributed by atoms with van der Waals surface area (Å²) in [6, 6.07) is 1.30. The van der Waals surface area contributed by atoms with Crippen molar-refractivity contribution < 1.29 is 0 Å².